The van der Waals surface area contributed by atoms with Crippen LogP contribution in [0.15, 0.2) is 52.2 Å². The van der Waals surface area contributed by atoms with Crippen LogP contribution in [-0.2, 0) is 9.73 Å². The van der Waals surface area contributed by atoms with Crippen LogP contribution in [0.5, 0.6) is 0 Å². The van der Waals surface area contributed by atoms with Gasteiger partial charge >= 0.3 is 0 Å². The van der Waals surface area contributed by atoms with Crippen molar-refractivity contribution < 1.29 is 9.32 Å². The number of nitrogens with zero attached hydrogens (tertiary/aromatic N) is 2. The number of nitrogens with one attached hydrogen (secondary N) is 3. The van der Waals surface area contributed by atoms with E-state index in [-0.39, 0.29) is 18.4 Å². The van der Waals surface area contributed by atoms with Crippen LogP contribution < -0.4 is 10.6 Å². The number of aliphatic hydroxyl groups excluding tert-OH is 1. The van der Waals surface area contributed by atoms with Crippen LogP contribution in [0.3, 0.4) is 0 Å². The Morgan fingerprint density at radius 3 is 2.55 bits per heavy atom. The Morgan fingerprint density at radius 2 is 1.97 bits per heavy atom. The van der Waals surface area contributed by atoms with Gasteiger partial charge in [0.25, 0.3) is 0 Å². The van der Waals surface area contributed by atoms with Crippen LogP contribution in [0.2, 0.25) is 0 Å². The van der Waals surface area contributed by atoms with Crippen molar-refractivity contribution in [3.63, 3.8) is 0 Å². The molecule has 2 aromatic heterocycles. The summed E-state index contributed by atoms with van der Waals surface area (Å²) in [5.74, 6) is 1.79. The summed E-state index contributed by atoms with van der Waals surface area (Å²) in [4.78, 5) is 9.64. The molecule has 9 heteroatoms. The number of hydrogen-bond acceptors (Lipinski definition) is 8. The van der Waals surface area contributed by atoms with Gasteiger partial charge in [-0.05, 0) is 59.0 Å². The summed E-state index contributed by atoms with van der Waals surface area (Å²) in [5.41, 5.74) is 2.64. The number of aliphatic hydroxyl groups is 1. The van der Waals surface area contributed by atoms with E-state index in [1.54, 1.807) is 48.7 Å². The fraction of sp³-hybridized carbons (Fsp3) is 0.364. The van der Waals surface area contributed by atoms with Gasteiger partial charge in [0.15, 0.2) is 0 Å². The fourth-order valence-corrected chi connectivity index (χ4v) is 4.74. The number of anilines is 3. The van der Waals surface area contributed by atoms with Gasteiger partial charge in [0.2, 0.25) is 5.95 Å². The van der Waals surface area contributed by atoms with Crippen LogP contribution in [0.4, 0.5) is 17.5 Å². The molecule has 0 amide bonds. The van der Waals surface area contributed by atoms with Crippen molar-refractivity contribution in [2.75, 3.05) is 23.0 Å². The van der Waals surface area contributed by atoms with Gasteiger partial charge in [0.05, 0.1) is 22.4 Å². The second-order valence-electron chi connectivity index (χ2n) is 7.73. The largest absolute Gasteiger partial charge is 0.394 e. The van der Waals surface area contributed by atoms with Crippen molar-refractivity contribution in [1.29, 1.82) is 4.78 Å². The molecule has 0 aliphatic rings. The first-order valence-corrected chi connectivity index (χ1v) is 12.9. The van der Waals surface area contributed by atoms with Crippen LogP contribution in [0.1, 0.15) is 27.2 Å². The molecule has 166 valence electrons. The molecule has 0 fully saturated rings. The van der Waals surface area contributed by atoms with Crippen molar-refractivity contribution in [2.24, 2.45) is 5.92 Å². The molecular formula is C22H29N5O2S2. The van der Waals surface area contributed by atoms with Gasteiger partial charge in [-0.2, -0.15) is 16.3 Å². The zero-order valence-electron chi connectivity index (χ0n) is 18.0. The standard InChI is InChI=1S/C22H29N5O2S2/c1-4-31(23,29)19-7-5-17(6-8-19)26-22-24-12-20(16-9-10-30-14-16)21(27-22)25-18(13-28)11-15(2)3/h5-10,12,14-15,18,23,28H,4,11,13H2,1-3H3,(H2,24,25,26,27)/t18-,31?/m0/s1. The number of thiophene rings is 1. The monoisotopic (exact) mass is 459 g/mol. The minimum absolute atomic E-state index is 0.0132. The van der Waals surface area contributed by atoms with E-state index in [2.05, 4.69) is 34.4 Å². The van der Waals surface area contributed by atoms with Gasteiger partial charge < -0.3 is 15.7 Å². The molecule has 1 aromatic carbocycles. The molecule has 0 spiro atoms. The predicted molar refractivity (Wildman–Crippen MR) is 129 cm³/mol. The van der Waals surface area contributed by atoms with Crippen molar-refractivity contribution >= 4 is 38.5 Å². The first-order valence-electron chi connectivity index (χ1n) is 10.2. The van der Waals surface area contributed by atoms with Crippen molar-refractivity contribution in [3.05, 3.63) is 47.3 Å². The Bertz CT molecular complexity index is 1080. The fourth-order valence-electron chi connectivity index (χ4n) is 3.18. The summed E-state index contributed by atoms with van der Waals surface area (Å²) in [6.07, 6.45) is 2.59. The second kappa shape index (κ2) is 10.2. The summed E-state index contributed by atoms with van der Waals surface area (Å²) >= 11 is 1.60. The van der Waals surface area contributed by atoms with E-state index in [9.17, 15) is 9.32 Å². The molecule has 2 atom stereocenters. The van der Waals surface area contributed by atoms with Gasteiger partial charge in [-0.3, -0.25) is 0 Å². The minimum Gasteiger partial charge on any atom is -0.394 e. The Kier molecular flexibility index (Phi) is 7.64. The molecule has 0 radical (unpaired) electrons. The lowest BCUT2D eigenvalue weighted by Crippen LogP contribution is -2.26. The quantitative estimate of drug-likeness (QED) is 0.332. The highest BCUT2D eigenvalue weighted by Gasteiger charge is 2.16. The summed E-state index contributed by atoms with van der Waals surface area (Å²) in [7, 11) is -2.74. The topological polar surface area (TPSA) is 111 Å². The highest BCUT2D eigenvalue weighted by Crippen LogP contribution is 2.30. The van der Waals surface area contributed by atoms with E-state index in [4.69, 9.17) is 4.78 Å². The number of rotatable bonds is 10. The molecule has 0 saturated carbocycles. The Labute approximate surface area is 188 Å². The van der Waals surface area contributed by atoms with E-state index in [0.717, 1.165) is 23.2 Å². The van der Waals surface area contributed by atoms with Crippen LogP contribution >= 0.6 is 11.3 Å². The summed E-state index contributed by atoms with van der Waals surface area (Å²) in [5, 5.41) is 20.4. The van der Waals surface area contributed by atoms with Crippen molar-refractivity contribution in [3.8, 4) is 11.1 Å². The van der Waals surface area contributed by atoms with Gasteiger partial charge in [-0.1, -0.05) is 20.8 Å². The zero-order chi connectivity index (χ0) is 22.4. The number of hydrogen-bond donors (Lipinski definition) is 4. The van der Waals surface area contributed by atoms with E-state index in [1.165, 1.54) is 0 Å². The summed E-state index contributed by atoms with van der Waals surface area (Å²) in [6.45, 7) is 6.00. The highest BCUT2D eigenvalue weighted by atomic mass is 32.2. The average molecular weight is 460 g/mol. The normalized spacial score (nSPS) is 14.2. The van der Waals surface area contributed by atoms with E-state index in [1.807, 2.05) is 16.8 Å². The lowest BCUT2D eigenvalue weighted by molar-refractivity contribution is 0.259. The Morgan fingerprint density at radius 1 is 1.23 bits per heavy atom. The summed E-state index contributed by atoms with van der Waals surface area (Å²) < 4.78 is 20.1. The number of aromatic nitrogens is 2. The van der Waals surface area contributed by atoms with Gasteiger partial charge in [0, 0.05) is 28.1 Å². The minimum atomic E-state index is -2.74. The maximum Gasteiger partial charge on any atom is 0.229 e. The number of benzene rings is 1. The van der Waals surface area contributed by atoms with Crippen LogP contribution in [-0.4, -0.2) is 37.7 Å². The molecule has 7 nitrogen and oxygen atoms in total. The molecule has 0 aliphatic carbocycles. The van der Waals surface area contributed by atoms with Crippen molar-refractivity contribution in [2.45, 2.75) is 38.1 Å². The maximum atomic E-state index is 12.2. The first kappa shape index (κ1) is 23.2. The molecule has 0 saturated heterocycles. The van der Waals surface area contributed by atoms with E-state index >= 15 is 0 Å². The second-order valence-corrected chi connectivity index (χ2v) is 10.9. The molecule has 4 N–H and O–H groups in total. The third-order valence-corrected chi connectivity index (χ3v) is 7.37. The molecule has 31 heavy (non-hydrogen) atoms. The van der Waals surface area contributed by atoms with E-state index < -0.39 is 9.73 Å². The Balaban J connectivity index is 1.88. The molecule has 0 aliphatic heterocycles. The SMILES string of the molecule is CCS(=N)(=O)c1ccc(Nc2ncc(-c3ccsc3)c(N[C@H](CO)CC(C)C)n2)cc1. The highest BCUT2D eigenvalue weighted by molar-refractivity contribution is 7.92. The molecule has 3 aromatic rings. The van der Waals surface area contributed by atoms with Gasteiger partial charge in [-0.25, -0.2) is 14.0 Å². The lowest BCUT2D eigenvalue weighted by Gasteiger charge is -2.21. The average Bonchev–Trinajstić information content (AvgIpc) is 3.28. The van der Waals surface area contributed by atoms with Crippen LogP contribution in [0, 0.1) is 10.7 Å². The Hall–Kier alpha value is -2.49. The molecule has 2 heterocycles. The predicted octanol–water partition coefficient (Wildman–Crippen LogP) is 5.19. The molecule has 0 bridgehead atoms. The maximum absolute atomic E-state index is 12.2. The van der Waals surface area contributed by atoms with Gasteiger partial charge in [-0.15, -0.1) is 0 Å². The lowest BCUT2D eigenvalue weighted by atomic mass is 10.0. The smallest absolute Gasteiger partial charge is 0.229 e. The van der Waals surface area contributed by atoms with Gasteiger partial charge in [0.1, 0.15) is 5.82 Å². The third-order valence-electron chi connectivity index (χ3n) is 4.84. The zero-order valence-corrected chi connectivity index (χ0v) is 19.6. The third kappa shape index (κ3) is 6.03. The van der Waals surface area contributed by atoms with E-state index in [0.29, 0.717) is 22.6 Å². The van der Waals surface area contributed by atoms with Crippen LogP contribution in [0.25, 0.3) is 11.1 Å². The molecular weight excluding hydrogens is 430 g/mol. The first-order chi connectivity index (χ1) is 14.8. The van der Waals surface area contributed by atoms with Crippen molar-refractivity contribution in [1.82, 2.24) is 9.97 Å². The molecule has 1 unspecified atom stereocenters. The molecule has 3 rings (SSSR count). The summed E-state index contributed by atoms with van der Waals surface area (Å²) in [6, 6.07) is 8.85.